The number of hydrogen-bond donors (Lipinski definition) is 2. The minimum atomic E-state index is -0.188. The zero-order valence-corrected chi connectivity index (χ0v) is 12.2. The molecule has 4 heteroatoms. The third kappa shape index (κ3) is 3.34. The highest BCUT2D eigenvalue weighted by atomic mass is 127. The van der Waals surface area contributed by atoms with Crippen LogP contribution in [0.4, 0.5) is 5.69 Å². The Morgan fingerprint density at radius 1 is 1.47 bits per heavy atom. The molecular formula is C13H17IN2O. The molecule has 0 spiro atoms. The van der Waals surface area contributed by atoms with E-state index >= 15 is 0 Å². The fourth-order valence-corrected chi connectivity index (χ4v) is 2.11. The molecule has 1 unspecified atom stereocenters. The van der Waals surface area contributed by atoms with E-state index in [2.05, 4.69) is 46.2 Å². The van der Waals surface area contributed by atoms with E-state index in [1.165, 1.54) is 9.13 Å². The molecule has 0 bridgehead atoms. The van der Waals surface area contributed by atoms with E-state index in [-0.39, 0.29) is 11.9 Å². The average molecular weight is 344 g/mol. The highest BCUT2D eigenvalue weighted by Gasteiger charge is 2.25. The van der Waals surface area contributed by atoms with Crippen LogP contribution in [0.5, 0.6) is 0 Å². The molecule has 1 amide bonds. The number of rotatable bonds is 4. The minimum absolute atomic E-state index is 0.0887. The predicted octanol–water partition coefficient (Wildman–Crippen LogP) is 2.68. The number of halogens is 1. The van der Waals surface area contributed by atoms with Crippen molar-refractivity contribution >= 4 is 34.2 Å². The van der Waals surface area contributed by atoms with Gasteiger partial charge in [0.25, 0.3) is 0 Å². The standard InChI is InChI=1S/C13H17IN2O/c1-8-11(14)4-3-5-12(8)15-9(2)13(17)16-10-6-7-10/h3-5,9-10,15H,6-7H2,1-2H3,(H,16,17). The predicted molar refractivity (Wildman–Crippen MR) is 78.1 cm³/mol. The molecule has 1 aliphatic rings. The second-order valence-electron chi connectivity index (χ2n) is 4.56. The zero-order chi connectivity index (χ0) is 12.4. The van der Waals surface area contributed by atoms with Crippen molar-refractivity contribution in [3.63, 3.8) is 0 Å². The van der Waals surface area contributed by atoms with Gasteiger partial charge in [0.1, 0.15) is 6.04 Å². The van der Waals surface area contributed by atoms with E-state index in [9.17, 15) is 4.79 Å². The van der Waals surface area contributed by atoms with Crippen molar-refractivity contribution in [3.8, 4) is 0 Å². The summed E-state index contributed by atoms with van der Waals surface area (Å²) in [5.74, 6) is 0.0887. The van der Waals surface area contributed by atoms with Gasteiger partial charge in [-0.1, -0.05) is 6.07 Å². The summed E-state index contributed by atoms with van der Waals surface area (Å²) in [5.41, 5.74) is 2.23. The number of amides is 1. The van der Waals surface area contributed by atoms with E-state index in [1.807, 2.05) is 19.1 Å². The van der Waals surface area contributed by atoms with Crippen LogP contribution in [0.1, 0.15) is 25.3 Å². The van der Waals surface area contributed by atoms with E-state index in [0.717, 1.165) is 18.5 Å². The third-order valence-corrected chi connectivity index (χ3v) is 4.13. The molecule has 0 aliphatic heterocycles. The number of nitrogens with one attached hydrogen (secondary N) is 2. The Bertz CT molecular complexity index is 429. The molecule has 1 saturated carbocycles. The number of carbonyl (C=O) groups is 1. The fraction of sp³-hybridized carbons (Fsp3) is 0.462. The van der Waals surface area contributed by atoms with Crippen LogP contribution in [0.25, 0.3) is 0 Å². The first-order valence-corrected chi connectivity index (χ1v) is 6.98. The van der Waals surface area contributed by atoms with Gasteiger partial charge in [-0.3, -0.25) is 4.79 Å². The van der Waals surface area contributed by atoms with Crippen LogP contribution < -0.4 is 10.6 Å². The molecule has 1 aliphatic carbocycles. The van der Waals surface area contributed by atoms with Gasteiger partial charge in [-0.15, -0.1) is 0 Å². The van der Waals surface area contributed by atoms with Crippen molar-refractivity contribution in [1.29, 1.82) is 0 Å². The van der Waals surface area contributed by atoms with E-state index in [0.29, 0.717) is 6.04 Å². The van der Waals surface area contributed by atoms with Gasteiger partial charge in [0.2, 0.25) is 5.91 Å². The maximum Gasteiger partial charge on any atom is 0.242 e. The van der Waals surface area contributed by atoms with Crippen LogP contribution in [0.3, 0.4) is 0 Å². The van der Waals surface area contributed by atoms with E-state index in [1.54, 1.807) is 0 Å². The monoisotopic (exact) mass is 344 g/mol. The first-order chi connectivity index (χ1) is 8.08. The van der Waals surface area contributed by atoms with E-state index < -0.39 is 0 Å². The van der Waals surface area contributed by atoms with Gasteiger partial charge in [0, 0.05) is 15.3 Å². The summed E-state index contributed by atoms with van der Waals surface area (Å²) in [4.78, 5) is 11.8. The molecule has 17 heavy (non-hydrogen) atoms. The maximum absolute atomic E-state index is 11.8. The summed E-state index contributed by atoms with van der Waals surface area (Å²) >= 11 is 2.30. The lowest BCUT2D eigenvalue weighted by molar-refractivity contribution is -0.121. The summed E-state index contributed by atoms with van der Waals surface area (Å²) in [5, 5.41) is 6.27. The molecular weight excluding hydrogens is 327 g/mol. The molecule has 0 aromatic heterocycles. The van der Waals surface area contributed by atoms with Crippen molar-refractivity contribution in [2.75, 3.05) is 5.32 Å². The van der Waals surface area contributed by atoms with Gasteiger partial charge in [0.15, 0.2) is 0 Å². The molecule has 3 nitrogen and oxygen atoms in total. The summed E-state index contributed by atoms with van der Waals surface area (Å²) in [6, 6.07) is 6.31. The molecule has 2 rings (SSSR count). The first kappa shape index (κ1) is 12.7. The normalized spacial score (nSPS) is 16.4. The molecule has 0 saturated heterocycles. The van der Waals surface area contributed by atoms with Crippen molar-refractivity contribution < 1.29 is 4.79 Å². The van der Waals surface area contributed by atoms with Crippen LogP contribution in [0.15, 0.2) is 18.2 Å². The SMILES string of the molecule is Cc1c(I)cccc1NC(C)C(=O)NC1CC1. The van der Waals surface area contributed by atoms with Gasteiger partial charge in [-0.25, -0.2) is 0 Å². The smallest absolute Gasteiger partial charge is 0.242 e. The maximum atomic E-state index is 11.8. The quantitative estimate of drug-likeness (QED) is 0.825. The molecule has 1 aromatic rings. The Morgan fingerprint density at radius 2 is 2.18 bits per heavy atom. The lowest BCUT2D eigenvalue weighted by atomic mass is 10.2. The molecule has 1 fully saturated rings. The Hall–Kier alpha value is -0.780. The summed E-state index contributed by atoms with van der Waals surface area (Å²) < 4.78 is 1.21. The number of carbonyl (C=O) groups excluding carboxylic acids is 1. The van der Waals surface area contributed by atoms with Crippen LogP contribution in [-0.2, 0) is 4.79 Å². The van der Waals surface area contributed by atoms with Crippen molar-refractivity contribution in [2.45, 2.75) is 38.8 Å². The van der Waals surface area contributed by atoms with Crippen LogP contribution in [-0.4, -0.2) is 18.0 Å². The Balaban J connectivity index is 1.99. The number of benzene rings is 1. The average Bonchev–Trinajstić information content (AvgIpc) is 3.08. The van der Waals surface area contributed by atoms with Crippen molar-refractivity contribution in [1.82, 2.24) is 5.32 Å². The molecule has 0 radical (unpaired) electrons. The molecule has 1 aromatic carbocycles. The number of hydrogen-bond acceptors (Lipinski definition) is 2. The molecule has 2 N–H and O–H groups in total. The second-order valence-corrected chi connectivity index (χ2v) is 5.72. The van der Waals surface area contributed by atoms with Gasteiger partial charge in [0.05, 0.1) is 0 Å². The molecule has 1 atom stereocenters. The van der Waals surface area contributed by atoms with E-state index in [4.69, 9.17) is 0 Å². The summed E-state index contributed by atoms with van der Waals surface area (Å²) in [6.07, 6.45) is 2.25. The van der Waals surface area contributed by atoms with Crippen LogP contribution >= 0.6 is 22.6 Å². The lowest BCUT2D eigenvalue weighted by Gasteiger charge is -2.17. The fourth-order valence-electron chi connectivity index (χ4n) is 1.62. The van der Waals surface area contributed by atoms with Gasteiger partial charge in [-0.2, -0.15) is 0 Å². The highest BCUT2D eigenvalue weighted by molar-refractivity contribution is 14.1. The largest absolute Gasteiger partial charge is 0.374 e. The Labute approximate surface area is 116 Å². The Kier molecular flexibility index (Phi) is 3.91. The topological polar surface area (TPSA) is 41.1 Å². The van der Waals surface area contributed by atoms with Gasteiger partial charge >= 0.3 is 0 Å². The molecule has 92 valence electrons. The molecule has 0 heterocycles. The summed E-state index contributed by atoms with van der Waals surface area (Å²) in [7, 11) is 0. The van der Waals surface area contributed by atoms with Crippen LogP contribution in [0, 0.1) is 10.5 Å². The Morgan fingerprint density at radius 3 is 2.82 bits per heavy atom. The highest BCUT2D eigenvalue weighted by Crippen LogP contribution is 2.22. The van der Waals surface area contributed by atoms with Crippen molar-refractivity contribution in [2.24, 2.45) is 0 Å². The van der Waals surface area contributed by atoms with Crippen molar-refractivity contribution in [3.05, 3.63) is 27.3 Å². The van der Waals surface area contributed by atoms with Gasteiger partial charge in [-0.05, 0) is 67.0 Å². The first-order valence-electron chi connectivity index (χ1n) is 5.90. The second kappa shape index (κ2) is 5.25. The lowest BCUT2D eigenvalue weighted by Crippen LogP contribution is -2.38. The van der Waals surface area contributed by atoms with Crippen LogP contribution in [0.2, 0.25) is 0 Å². The minimum Gasteiger partial charge on any atom is -0.374 e. The summed E-state index contributed by atoms with van der Waals surface area (Å²) in [6.45, 7) is 3.96. The zero-order valence-electron chi connectivity index (χ0n) is 10.1. The third-order valence-electron chi connectivity index (χ3n) is 2.96. The van der Waals surface area contributed by atoms with Gasteiger partial charge < -0.3 is 10.6 Å². The number of anilines is 1.